The lowest BCUT2D eigenvalue weighted by Gasteiger charge is -2.03. The van der Waals surface area contributed by atoms with Crippen LogP contribution in [0.2, 0.25) is 0 Å². The van der Waals surface area contributed by atoms with Crippen molar-refractivity contribution in [2.24, 2.45) is 0 Å². The van der Waals surface area contributed by atoms with E-state index in [1.54, 1.807) is 0 Å². The number of carbonyl (C=O) groups is 1. The summed E-state index contributed by atoms with van der Waals surface area (Å²) in [6, 6.07) is 11.5. The molecule has 0 saturated carbocycles. The molecule has 1 heterocycles. The Morgan fingerprint density at radius 3 is 2.56 bits per heavy atom. The molecule has 8 nitrogen and oxygen atoms in total. The van der Waals surface area contributed by atoms with E-state index in [1.807, 2.05) is 32.0 Å². The Hall–Kier alpha value is -3.20. The van der Waals surface area contributed by atoms with Gasteiger partial charge in [0.15, 0.2) is 0 Å². The fourth-order valence-corrected chi connectivity index (χ4v) is 2.81. The van der Waals surface area contributed by atoms with Crippen LogP contribution in [0.25, 0.3) is 11.5 Å². The SMILES string of the molecule is Cc1ccc(-c2nnc(SCC(=O)Nc3ccc([N+](=O)[O-])cc3)o2)cc1C. The zero-order chi connectivity index (χ0) is 19.4. The van der Waals surface area contributed by atoms with E-state index in [2.05, 4.69) is 15.5 Å². The molecule has 0 saturated heterocycles. The normalized spacial score (nSPS) is 10.6. The first-order chi connectivity index (χ1) is 12.9. The van der Waals surface area contributed by atoms with Gasteiger partial charge in [0.05, 0.1) is 10.7 Å². The number of hydrogen-bond acceptors (Lipinski definition) is 7. The summed E-state index contributed by atoms with van der Waals surface area (Å²) in [5.74, 6) is 0.196. The highest BCUT2D eigenvalue weighted by molar-refractivity contribution is 7.99. The van der Waals surface area contributed by atoms with E-state index in [4.69, 9.17) is 4.42 Å². The number of benzene rings is 2. The highest BCUT2D eigenvalue weighted by atomic mass is 32.2. The minimum absolute atomic E-state index is 0.0351. The highest BCUT2D eigenvalue weighted by Crippen LogP contribution is 2.25. The van der Waals surface area contributed by atoms with E-state index in [-0.39, 0.29) is 17.3 Å². The summed E-state index contributed by atoms with van der Waals surface area (Å²) in [6.45, 7) is 4.03. The van der Waals surface area contributed by atoms with Crippen LogP contribution < -0.4 is 5.32 Å². The van der Waals surface area contributed by atoms with E-state index in [1.165, 1.54) is 29.8 Å². The third-order valence-electron chi connectivity index (χ3n) is 3.85. The van der Waals surface area contributed by atoms with Gasteiger partial charge in [-0.05, 0) is 49.2 Å². The molecule has 9 heteroatoms. The lowest BCUT2D eigenvalue weighted by atomic mass is 10.1. The maximum Gasteiger partial charge on any atom is 0.277 e. The summed E-state index contributed by atoms with van der Waals surface area (Å²) in [5, 5.41) is 21.5. The summed E-state index contributed by atoms with van der Waals surface area (Å²) in [7, 11) is 0. The Morgan fingerprint density at radius 2 is 1.89 bits per heavy atom. The van der Waals surface area contributed by atoms with E-state index in [0.717, 1.165) is 22.9 Å². The molecule has 0 aliphatic rings. The van der Waals surface area contributed by atoms with Crippen molar-refractivity contribution >= 4 is 29.0 Å². The number of nitro benzene ring substituents is 1. The van der Waals surface area contributed by atoms with Crippen LogP contribution in [0.5, 0.6) is 0 Å². The first kappa shape index (κ1) is 18.6. The van der Waals surface area contributed by atoms with Gasteiger partial charge in [0.2, 0.25) is 11.8 Å². The van der Waals surface area contributed by atoms with Crippen LogP contribution in [-0.2, 0) is 4.79 Å². The van der Waals surface area contributed by atoms with Crippen LogP contribution in [0.3, 0.4) is 0 Å². The Kier molecular flexibility index (Phi) is 5.51. The summed E-state index contributed by atoms with van der Waals surface area (Å²) >= 11 is 1.12. The number of carbonyl (C=O) groups excluding carboxylic acids is 1. The summed E-state index contributed by atoms with van der Waals surface area (Å²) in [6.07, 6.45) is 0. The van der Waals surface area contributed by atoms with Crippen LogP contribution >= 0.6 is 11.8 Å². The largest absolute Gasteiger partial charge is 0.411 e. The number of rotatable bonds is 6. The van der Waals surface area contributed by atoms with Crippen LogP contribution in [0.15, 0.2) is 52.1 Å². The van der Waals surface area contributed by atoms with Gasteiger partial charge in [0, 0.05) is 23.4 Å². The molecule has 0 aliphatic heterocycles. The maximum atomic E-state index is 12.0. The zero-order valence-corrected chi connectivity index (χ0v) is 15.4. The number of amides is 1. The Morgan fingerprint density at radius 1 is 1.15 bits per heavy atom. The number of nitrogens with one attached hydrogen (secondary N) is 1. The van der Waals surface area contributed by atoms with Gasteiger partial charge < -0.3 is 9.73 Å². The molecule has 0 fully saturated rings. The second kappa shape index (κ2) is 8.00. The van der Waals surface area contributed by atoms with Crippen LogP contribution in [0, 0.1) is 24.0 Å². The van der Waals surface area contributed by atoms with E-state index in [9.17, 15) is 14.9 Å². The van der Waals surface area contributed by atoms with Crippen molar-refractivity contribution in [3.63, 3.8) is 0 Å². The maximum absolute atomic E-state index is 12.0. The molecule has 0 atom stereocenters. The van der Waals surface area contributed by atoms with E-state index in [0.29, 0.717) is 16.8 Å². The molecule has 138 valence electrons. The lowest BCUT2D eigenvalue weighted by molar-refractivity contribution is -0.384. The predicted molar refractivity (Wildman–Crippen MR) is 102 cm³/mol. The van der Waals surface area contributed by atoms with E-state index < -0.39 is 4.92 Å². The van der Waals surface area contributed by atoms with Gasteiger partial charge in [0.1, 0.15) is 0 Å². The first-order valence-electron chi connectivity index (χ1n) is 8.00. The minimum Gasteiger partial charge on any atom is -0.411 e. The molecule has 0 aliphatic carbocycles. The Balaban J connectivity index is 1.57. The van der Waals surface area contributed by atoms with Crippen LogP contribution in [0.1, 0.15) is 11.1 Å². The zero-order valence-electron chi connectivity index (χ0n) is 14.6. The smallest absolute Gasteiger partial charge is 0.277 e. The Labute approximate surface area is 159 Å². The third-order valence-corrected chi connectivity index (χ3v) is 4.67. The van der Waals surface area contributed by atoms with Crippen LogP contribution in [0.4, 0.5) is 11.4 Å². The van der Waals surface area contributed by atoms with Crippen molar-refractivity contribution in [2.45, 2.75) is 19.1 Å². The number of aromatic nitrogens is 2. The molecular weight excluding hydrogens is 368 g/mol. The van der Waals surface area contributed by atoms with Crippen molar-refractivity contribution in [3.05, 3.63) is 63.7 Å². The molecule has 1 aromatic heterocycles. The Bertz CT molecular complexity index is 985. The van der Waals surface area contributed by atoms with Crippen molar-refractivity contribution in [3.8, 4) is 11.5 Å². The molecule has 2 aromatic carbocycles. The fraction of sp³-hybridized carbons (Fsp3) is 0.167. The second-order valence-electron chi connectivity index (χ2n) is 5.81. The van der Waals surface area contributed by atoms with Gasteiger partial charge >= 0.3 is 0 Å². The number of nitro groups is 1. The first-order valence-corrected chi connectivity index (χ1v) is 8.99. The number of nitrogens with zero attached hydrogens (tertiary/aromatic N) is 3. The van der Waals surface area contributed by atoms with Gasteiger partial charge in [-0.2, -0.15) is 0 Å². The average Bonchev–Trinajstić information content (AvgIpc) is 3.12. The van der Waals surface area contributed by atoms with Crippen LogP contribution in [-0.4, -0.2) is 26.8 Å². The molecule has 1 N–H and O–H groups in total. The number of aryl methyl sites for hydroxylation is 2. The molecule has 0 unspecified atom stereocenters. The second-order valence-corrected chi connectivity index (χ2v) is 6.74. The average molecular weight is 384 g/mol. The van der Waals surface area contributed by atoms with Gasteiger partial charge in [-0.1, -0.05) is 17.8 Å². The van der Waals surface area contributed by atoms with Gasteiger partial charge in [-0.25, -0.2) is 0 Å². The molecule has 0 bridgehead atoms. The minimum atomic E-state index is -0.496. The lowest BCUT2D eigenvalue weighted by Crippen LogP contribution is -2.13. The highest BCUT2D eigenvalue weighted by Gasteiger charge is 2.12. The standard InChI is InChI=1S/C18H16N4O4S/c1-11-3-4-13(9-12(11)2)17-20-21-18(26-17)27-10-16(23)19-14-5-7-15(8-6-14)22(24)25/h3-9H,10H2,1-2H3,(H,19,23). The monoisotopic (exact) mass is 384 g/mol. The predicted octanol–water partition coefficient (Wildman–Crippen LogP) is 3.99. The van der Waals surface area contributed by atoms with E-state index >= 15 is 0 Å². The molecule has 3 rings (SSSR count). The molecule has 0 spiro atoms. The number of anilines is 1. The number of hydrogen-bond donors (Lipinski definition) is 1. The number of thioether (sulfide) groups is 1. The van der Waals surface area contributed by atoms with Crippen molar-refractivity contribution in [1.82, 2.24) is 10.2 Å². The van der Waals surface area contributed by atoms with Gasteiger partial charge in [0.25, 0.3) is 10.9 Å². The molecule has 27 heavy (non-hydrogen) atoms. The summed E-state index contributed by atoms with van der Waals surface area (Å²) in [5.41, 5.74) is 3.57. The summed E-state index contributed by atoms with van der Waals surface area (Å²) in [4.78, 5) is 22.1. The van der Waals surface area contributed by atoms with Crippen molar-refractivity contribution in [1.29, 1.82) is 0 Å². The molecule has 1 amide bonds. The summed E-state index contributed by atoms with van der Waals surface area (Å²) < 4.78 is 5.59. The van der Waals surface area contributed by atoms with Crippen molar-refractivity contribution in [2.75, 3.05) is 11.1 Å². The van der Waals surface area contributed by atoms with Gasteiger partial charge in [-0.3, -0.25) is 14.9 Å². The molecule has 3 aromatic rings. The quantitative estimate of drug-likeness (QED) is 0.388. The topological polar surface area (TPSA) is 111 Å². The third kappa shape index (κ3) is 4.70. The van der Waals surface area contributed by atoms with Crippen molar-refractivity contribution < 1.29 is 14.1 Å². The molecule has 0 radical (unpaired) electrons. The molecular formula is C18H16N4O4S. The number of non-ortho nitro benzene ring substituents is 1. The fourth-order valence-electron chi connectivity index (χ4n) is 2.25. The van der Waals surface area contributed by atoms with Gasteiger partial charge in [-0.15, -0.1) is 10.2 Å².